The third-order valence-corrected chi connectivity index (χ3v) is 6.79. The number of halogens is 2. The number of methoxy groups -OCH3 is 1. The van der Waals surface area contributed by atoms with Crippen LogP contribution in [-0.2, 0) is 4.79 Å². The van der Waals surface area contributed by atoms with Crippen LogP contribution in [0.25, 0.3) is 10.9 Å². The number of nitrogens with zero attached hydrogens (tertiary/aromatic N) is 2. The summed E-state index contributed by atoms with van der Waals surface area (Å²) in [6, 6.07) is 11.1. The van der Waals surface area contributed by atoms with E-state index in [1.165, 1.54) is 12.1 Å². The molecule has 36 heavy (non-hydrogen) atoms. The van der Waals surface area contributed by atoms with Crippen LogP contribution in [-0.4, -0.2) is 52.8 Å². The van der Waals surface area contributed by atoms with E-state index in [2.05, 4.69) is 16.8 Å². The second kappa shape index (κ2) is 11.5. The Morgan fingerprint density at radius 1 is 1.28 bits per heavy atom. The van der Waals surface area contributed by atoms with Gasteiger partial charge in [0.25, 0.3) is 0 Å². The Morgan fingerprint density at radius 2 is 2.11 bits per heavy atom. The molecule has 0 bridgehead atoms. The van der Waals surface area contributed by atoms with E-state index in [1.807, 2.05) is 23.1 Å². The Kier molecular flexibility index (Phi) is 8.14. The molecule has 0 radical (unpaired) electrons. The molecule has 1 saturated heterocycles. The van der Waals surface area contributed by atoms with Gasteiger partial charge < -0.3 is 14.9 Å². The molecule has 1 aromatic heterocycles. The highest BCUT2D eigenvalue weighted by atomic mass is 19.2. The molecule has 0 saturated carbocycles. The number of piperidine rings is 1. The molecule has 1 aliphatic rings. The van der Waals surface area contributed by atoms with Gasteiger partial charge in [-0.25, -0.2) is 8.78 Å². The molecule has 3 aromatic rings. The van der Waals surface area contributed by atoms with Crippen molar-refractivity contribution in [2.45, 2.75) is 25.4 Å². The van der Waals surface area contributed by atoms with Gasteiger partial charge in [0.15, 0.2) is 11.6 Å². The van der Waals surface area contributed by atoms with Gasteiger partial charge in [0, 0.05) is 18.1 Å². The van der Waals surface area contributed by atoms with E-state index in [0.29, 0.717) is 38.1 Å². The minimum atomic E-state index is -0.980. The monoisotopic (exact) mass is 494 g/mol. The lowest BCUT2D eigenvalue weighted by atomic mass is 9.81. The summed E-state index contributed by atoms with van der Waals surface area (Å²) in [5.41, 5.74) is 1.47. The number of rotatable bonds is 7. The molecule has 8 heteroatoms. The summed E-state index contributed by atoms with van der Waals surface area (Å²) in [4.78, 5) is 18.3. The Morgan fingerprint density at radius 3 is 2.89 bits per heavy atom. The van der Waals surface area contributed by atoms with Crippen LogP contribution in [0.1, 0.15) is 36.5 Å². The standard InChI is InChI=1S/C28H28F2N2O4/c1-36-20-8-9-25-22(16-20)21(11-13-31-25)26(33)10-7-18-12-15-32(17-23(18)28(34)35)14-3-5-19-4-2-6-24(29)27(19)30/h2,4,6,8-9,11,13,16,18,23,26,33H,7,10,12,14-15,17H2,1H3,(H,34,35)/t18-,23+,26-/m1/s1. The van der Waals surface area contributed by atoms with Gasteiger partial charge in [0.2, 0.25) is 0 Å². The fourth-order valence-corrected chi connectivity index (χ4v) is 4.78. The van der Waals surface area contributed by atoms with Crippen molar-refractivity contribution in [3.63, 3.8) is 0 Å². The van der Waals surface area contributed by atoms with Crippen molar-refractivity contribution in [1.29, 1.82) is 0 Å². The predicted molar refractivity (Wildman–Crippen MR) is 131 cm³/mol. The van der Waals surface area contributed by atoms with Crippen LogP contribution < -0.4 is 4.74 Å². The van der Waals surface area contributed by atoms with Crippen LogP contribution in [0.5, 0.6) is 5.75 Å². The fourth-order valence-electron chi connectivity index (χ4n) is 4.78. The molecule has 0 spiro atoms. The second-order valence-corrected chi connectivity index (χ2v) is 9.01. The molecule has 2 N–H and O–H groups in total. The first-order valence-corrected chi connectivity index (χ1v) is 11.9. The molecule has 3 atom stereocenters. The number of carbonyl (C=O) groups is 1. The average molecular weight is 495 g/mol. The SMILES string of the molecule is COc1ccc2nccc([C@H](O)CC[C@@H]3CCN(CC#Cc4cccc(F)c4F)C[C@@H]3C(=O)O)c2c1. The van der Waals surface area contributed by atoms with Crippen LogP contribution in [0.4, 0.5) is 8.78 Å². The van der Waals surface area contributed by atoms with Gasteiger partial charge in [-0.05, 0) is 73.7 Å². The molecule has 0 amide bonds. The molecule has 2 aromatic carbocycles. The van der Waals surface area contributed by atoms with E-state index in [-0.39, 0.29) is 18.0 Å². The van der Waals surface area contributed by atoms with E-state index in [9.17, 15) is 23.8 Å². The van der Waals surface area contributed by atoms with E-state index >= 15 is 0 Å². The van der Waals surface area contributed by atoms with Crippen LogP contribution in [0.3, 0.4) is 0 Å². The lowest BCUT2D eigenvalue weighted by Crippen LogP contribution is -2.44. The average Bonchev–Trinajstić information content (AvgIpc) is 2.89. The number of hydrogen-bond donors (Lipinski definition) is 2. The highest BCUT2D eigenvalue weighted by Crippen LogP contribution is 2.33. The van der Waals surface area contributed by atoms with Crippen molar-refractivity contribution in [3.8, 4) is 17.6 Å². The summed E-state index contributed by atoms with van der Waals surface area (Å²) < 4.78 is 32.4. The number of aliphatic carboxylic acids is 1. The van der Waals surface area contributed by atoms with E-state index < -0.39 is 29.6 Å². The molecule has 188 valence electrons. The van der Waals surface area contributed by atoms with Gasteiger partial charge in [-0.1, -0.05) is 17.9 Å². The first-order chi connectivity index (χ1) is 17.4. The number of aliphatic hydroxyl groups excluding tert-OH is 1. The molecule has 0 unspecified atom stereocenters. The number of ether oxygens (including phenoxy) is 1. The van der Waals surface area contributed by atoms with E-state index in [4.69, 9.17) is 4.74 Å². The number of pyridine rings is 1. The number of carboxylic acid groups (broad SMARTS) is 1. The summed E-state index contributed by atoms with van der Waals surface area (Å²) >= 11 is 0. The van der Waals surface area contributed by atoms with Crippen LogP contribution in [0, 0.1) is 35.3 Å². The number of aliphatic hydroxyl groups is 1. The quantitative estimate of drug-likeness (QED) is 0.474. The minimum Gasteiger partial charge on any atom is -0.497 e. The zero-order valence-corrected chi connectivity index (χ0v) is 20.0. The van der Waals surface area contributed by atoms with E-state index in [1.54, 1.807) is 19.4 Å². The van der Waals surface area contributed by atoms with Crippen LogP contribution in [0.15, 0.2) is 48.7 Å². The first kappa shape index (κ1) is 25.5. The molecular weight excluding hydrogens is 466 g/mol. The maximum atomic E-state index is 13.8. The van der Waals surface area contributed by atoms with Crippen LogP contribution in [0.2, 0.25) is 0 Å². The van der Waals surface area contributed by atoms with Gasteiger partial charge in [0.05, 0.1) is 36.8 Å². The summed E-state index contributed by atoms with van der Waals surface area (Å²) in [5.74, 6) is 2.63. The van der Waals surface area contributed by atoms with Gasteiger partial charge in [0.1, 0.15) is 5.75 Å². The van der Waals surface area contributed by atoms with E-state index in [0.717, 1.165) is 22.5 Å². The maximum Gasteiger partial charge on any atom is 0.308 e. The molecule has 0 aliphatic carbocycles. The number of carboxylic acids is 1. The first-order valence-electron chi connectivity index (χ1n) is 11.9. The fraction of sp³-hybridized carbons (Fsp3) is 0.357. The zero-order valence-electron chi connectivity index (χ0n) is 20.0. The highest BCUT2D eigenvalue weighted by Gasteiger charge is 2.34. The molecule has 4 rings (SSSR count). The minimum absolute atomic E-state index is 0.0186. The number of hydrogen-bond acceptors (Lipinski definition) is 5. The largest absolute Gasteiger partial charge is 0.497 e. The number of benzene rings is 2. The van der Waals surface area contributed by atoms with Crippen molar-refractivity contribution in [1.82, 2.24) is 9.88 Å². The normalized spacial score (nSPS) is 18.9. The maximum absolute atomic E-state index is 13.8. The molecule has 2 heterocycles. The van der Waals surface area contributed by atoms with Crippen LogP contribution >= 0.6 is 0 Å². The van der Waals surface area contributed by atoms with Crippen molar-refractivity contribution < 1.29 is 28.5 Å². The van der Waals surface area contributed by atoms with Gasteiger partial charge in [-0.15, -0.1) is 0 Å². The van der Waals surface area contributed by atoms with Gasteiger partial charge in [-0.3, -0.25) is 14.7 Å². The summed E-state index contributed by atoms with van der Waals surface area (Å²) in [6.07, 6.45) is 2.51. The van der Waals surface area contributed by atoms with Crippen molar-refractivity contribution in [2.24, 2.45) is 11.8 Å². The lowest BCUT2D eigenvalue weighted by molar-refractivity contribution is -0.146. The van der Waals surface area contributed by atoms with Gasteiger partial charge >= 0.3 is 5.97 Å². The Labute approximate surface area is 208 Å². The predicted octanol–water partition coefficient (Wildman–Crippen LogP) is 4.41. The molecule has 1 fully saturated rings. The molecule has 1 aliphatic heterocycles. The topological polar surface area (TPSA) is 82.9 Å². The van der Waals surface area contributed by atoms with Crippen molar-refractivity contribution in [2.75, 3.05) is 26.7 Å². The number of fused-ring (bicyclic) bond motifs is 1. The summed E-state index contributed by atoms with van der Waals surface area (Å²) in [6.45, 7) is 1.21. The Hall–Kier alpha value is -3.54. The number of likely N-dealkylation sites (tertiary alicyclic amines) is 1. The highest BCUT2D eigenvalue weighted by molar-refractivity contribution is 5.83. The van der Waals surface area contributed by atoms with Gasteiger partial charge in [-0.2, -0.15) is 0 Å². The molecular formula is C28H28F2N2O4. The molecule has 6 nitrogen and oxygen atoms in total. The summed E-state index contributed by atoms with van der Waals surface area (Å²) in [5, 5.41) is 21.6. The summed E-state index contributed by atoms with van der Waals surface area (Å²) in [7, 11) is 1.58. The lowest BCUT2D eigenvalue weighted by Gasteiger charge is -2.36. The second-order valence-electron chi connectivity index (χ2n) is 9.01. The van der Waals surface area contributed by atoms with Crippen molar-refractivity contribution >= 4 is 16.9 Å². The third kappa shape index (κ3) is 5.81. The third-order valence-electron chi connectivity index (χ3n) is 6.79. The Bertz CT molecular complexity index is 1300. The zero-order chi connectivity index (χ0) is 25.7. The number of aromatic nitrogens is 1. The smallest absolute Gasteiger partial charge is 0.308 e. The van der Waals surface area contributed by atoms with Crippen molar-refractivity contribution in [3.05, 3.63) is 71.4 Å². The Balaban J connectivity index is 1.38.